The Balaban J connectivity index is 2.16. The van der Waals surface area contributed by atoms with Gasteiger partial charge >= 0.3 is 0 Å². The van der Waals surface area contributed by atoms with Crippen LogP contribution in [0.15, 0.2) is 17.1 Å². The third-order valence-electron chi connectivity index (χ3n) is 2.84. The maximum atomic E-state index is 11.1. The predicted molar refractivity (Wildman–Crippen MR) is 58.7 cm³/mol. The van der Waals surface area contributed by atoms with Crippen LogP contribution in [0.4, 0.5) is 5.69 Å². The molecule has 1 N–H and O–H groups in total. The molecule has 0 radical (unpaired) electrons. The number of hydrogen-bond acceptors (Lipinski definition) is 5. The molecule has 2 rings (SSSR count). The van der Waals surface area contributed by atoms with E-state index in [0.717, 1.165) is 5.69 Å². The molecule has 1 aromatic rings. The van der Waals surface area contributed by atoms with Crippen molar-refractivity contribution < 1.29 is 9.47 Å². The molecule has 6 heteroatoms. The summed E-state index contributed by atoms with van der Waals surface area (Å²) < 4.78 is 10.6. The Morgan fingerprint density at radius 3 is 2.50 bits per heavy atom. The topological polar surface area (TPSA) is 67.5 Å². The van der Waals surface area contributed by atoms with Crippen molar-refractivity contribution in [1.29, 1.82) is 0 Å². The van der Waals surface area contributed by atoms with Crippen LogP contribution in [0.2, 0.25) is 0 Å². The first-order valence-electron chi connectivity index (χ1n) is 5.10. The van der Waals surface area contributed by atoms with Gasteiger partial charge in [-0.25, -0.2) is 5.10 Å². The van der Waals surface area contributed by atoms with Crippen molar-refractivity contribution in [3.05, 3.63) is 22.6 Å². The van der Waals surface area contributed by atoms with E-state index in [1.165, 1.54) is 6.07 Å². The fourth-order valence-corrected chi connectivity index (χ4v) is 1.95. The van der Waals surface area contributed by atoms with Crippen molar-refractivity contribution >= 4 is 5.69 Å². The van der Waals surface area contributed by atoms with Crippen LogP contribution in [0.1, 0.15) is 0 Å². The molecule has 6 nitrogen and oxygen atoms in total. The minimum atomic E-state index is -0.202. The molecule has 0 saturated carbocycles. The van der Waals surface area contributed by atoms with Gasteiger partial charge in [0.05, 0.1) is 11.9 Å². The summed E-state index contributed by atoms with van der Waals surface area (Å²) in [4.78, 5) is 13.2. The molecule has 1 saturated heterocycles. The molecule has 1 aliphatic rings. The summed E-state index contributed by atoms with van der Waals surface area (Å²) in [5, 5.41) is 6.12. The number of rotatable bonds is 3. The van der Waals surface area contributed by atoms with Gasteiger partial charge in [-0.2, -0.15) is 5.10 Å². The molecule has 0 amide bonds. The normalized spacial score (nSPS) is 25.0. The number of nitrogens with one attached hydrogen (secondary N) is 1. The van der Waals surface area contributed by atoms with Gasteiger partial charge in [-0.15, -0.1) is 0 Å². The molecule has 2 heterocycles. The summed E-state index contributed by atoms with van der Waals surface area (Å²) in [5.41, 5.74) is 0.595. The zero-order valence-corrected chi connectivity index (χ0v) is 9.34. The lowest BCUT2D eigenvalue weighted by molar-refractivity contribution is -0.00461. The minimum Gasteiger partial charge on any atom is -0.377 e. The van der Waals surface area contributed by atoms with E-state index in [4.69, 9.17) is 9.47 Å². The average Bonchev–Trinajstić information content (AvgIpc) is 2.72. The molecule has 0 bridgehead atoms. The van der Waals surface area contributed by atoms with Crippen LogP contribution in [-0.4, -0.2) is 49.7 Å². The van der Waals surface area contributed by atoms with Crippen LogP contribution in [0.3, 0.4) is 0 Å². The van der Waals surface area contributed by atoms with Crippen LogP contribution in [0.25, 0.3) is 0 Å². The Labute approximate surface area is 93.2 Å². The van der Waals surface area contributed by atoms with Crippen molar-refractivity contribution in [2.24, 2.45) is 0 Å². The maximum absolute atomic E-state index is 11.1. The van der Waals surface area contributed by atoms with Gasteiger partial charge < -0.3 is 14.4 Å². The van der Waals surface area contributed by atoms with Crippen LogP contribution >= 0.6 is 0 Å². The number of ether oxygens (including phenoxy) is 2. The second-order valence-corrected chi connectivity index (χ2v) is 3.76. The van der Waals surface area contributed by atoms with E-state index in [1.54, 1.807) is 20.4 Å². The molecule has 0 spiro atoms. The van der Waals surface area contributed by atoms with E-state index < -0.39 is 0 Å². The van der Waals surface area contributed by atoms with E-state index in [1.807, 2.05) is 4.90 Å². The molecule has 2 unspecified atom stereocenters. The molecule has 0 aliphatic carbocycles. The van der Waals surface area contributed by atoms with Gasteiger partial charge in [-0.3, -0.25) is 4.79 Å². The van der Waals surface area contributed by atoms with Crippen molar-refractivity contribution in [2.45, 2.75) is 12.2 Å². The van der Waals surface area contributed by atoms with E-state index in [9.17, 15) is 4.79 Å². The molecule has 88 valence electrons. The number of aromatic nitrogens is 2. The number of nitrogens with zero attached hydrogens (tertiary/aromatic N) is 2. The number of anilines is 1. The molecule has 1 aliphatic heterocycles. The van der Waals surface area contributed by atoms with Gasteiger partial charge in [0.2, 0.25) is 0 Å². The summed E-state index contributed by atoms with van der Waals surface area (Å²) in [7, 11) is 3.33. The number of methoxy groups -OCH3 is 2. The van der Waals surface area contributed by atoms with E-state index in [2.05, 4.69) is 10.2 Å². The highest BCUT2D eigenvalue weighted by Gasteiger charge is 2.33. The Morgan fingerprint density at radius 1 is 1.38 bits per heavy atom. The minimum absolute atomic E-state index is 0.0317. The summed E-state index contributed by atoms with van der Waals surface area (Å²) >= 11 is 0. The van der Waals surface area contributed by atoms with Crippen molar-refractivity contribution in [2.75, 3.05) is 32.2 Å². The fourth-order valence-electron chi connectivity index (χ4n) is 1.95. The maximum Gasteiger partial charge on any atom is 0.266 e. The first kappa shape index (κ1) is 11.1. The van der Waals surface area contributed by atoms with Crippen LogP contribution in [-0.2, 0) is 9.47 Å². The Bertz CT molecular complexity index is 394. The third kappa shape index (κ3) is 2.07. The predicted octanol–water partition coefficient (Wildman–Crippen LogP) is -0.380. The van der Waals surface area contributed by atoms with Crippen LogP contribution < -0.4 is 10.5 Å². The largest absolute Gasteiger partial charge is 0.377 e. The lowest BCUT2D eigenvalue weighted by atomic mass is 10.3. The molecular formula is C10H15N3O3. The van der Waals surface area contributed by atoms with Gasteiger partial charge in [0.15, 0.2) is 0 Å². The molecule has 16 heavy (non-hydrogen) atoms. The Kier molecular flexibility index (Phi) is 3.21. The third-order valence-corrected chi connectivity index (χ3v) is 2.84. The summed E-state index contributed by atoms with van der Waals surface area (Å²) in [5.74, 6) is 0. The highest BCUT2D eigenvalue weighted by Crippen LogP contribution is 2.21. The molecule has 1 aromatic heterocycles. The van der Waals surface area contributed by atoms with Crippen LogP contribution in [0.5, 0.6) is 0 Å². The van der Waals surface area contributed by atoms with Gasteiger partial charge in [-0.1, -0.05) is 0 Å². The quantitative estimate of drug-likeness (QED) is 0.759. The summed E-state index contributed by atoms with van der Waals surface area (Å²) in [6, 6.07) is 1.53. The SMILES string of the molecule is COC1CN(c2cn[nH]c(=O)c2)CC1OC. The van der Waals surface area contributed by atoms with Gasteiger partial charge in [0.1, 0.15) is 12.2 Å². The second-order valence-electron chi connectivity index (χ2n) is 3.76. The zero-order chi connectivity index (χ0) is 11.5. The summed E-state index contributed by atoms with van der Waals surface area (Å²) in [6.07, 6.45) is 1.69. The highest BCUT2D eigenvalue weighted by molar-refractivity contribution is 5.44. The van der Waals surface area contributed by atoms with Crippen molar-refractivity contribution in [3.63, 3.8) is 0 Å². The van der Waals surface area contributed by atoms with Gasteiger partial charge in [0.25, 0.3) is 5.56 Å². The number of H-pyrrole nitrogens is 1. The summed E-state index contributed by atoms with van der Waals surface area (Å²) in [6.45, 7) is 1.42. The van der Waals surface area contributed by atoms with E-state index in [0.29, 0.717) is 13.1 Å². The first-order valence-corrected chi connectivity index (χ1v) is 5.10. The Morgan fingerprint density at radius 2 is 2.00 bits per heavy atom. The fraction of sp³-hybridized carbons (Fsp3) is 0.600. The highest BCUT2D eigenvalue weighted by atomic mass is 16.5. The standard InChI is InChI=1S/C10H15N3O3/c1-15-8-5-13(6-9(8)16-2)7-3-10(14)12-11-4-7/h3-4,8-9H,5-6H2,1-2H3,(H,12,14). The van der Waals surface area contributed by atoms with Gasteiger partial charge in [0, 0.05) is 33.4 Å². The van der Waals surface area contributed by atoms with E-state index in [-0.39, 0.29) is 17.8 Å². The lowest BCUT2D eigenvalue weighted by Gasteiger charge is -2.16. The van der Waals surface area contributed by atoms with Crippen molar-refractivity contribution in [3.8, 4) is 0 Å². The monoisotopic (exact) mass is 225 g/mol. The second kappa shape index (κ2) is 4.63. The zero-order valence-electron chi connectivity index (χ0n) is 9.34. The van der Waals surface area contributed by atoms with E-state index >= 15 is 0 Å². The van der Waals surface area contributed by atoms with Gasteiger partial charge in [-0.05, 0) is 0 Å². The van der Waals surface area contributed by atoms with Crippen LogP contribution in [0, 0.1) is 0 Å². The first-order chi connectivity index (χ1) is 7.74. The molecule has 1 fully saturated rings. The Hall–Kier alpha value is -1.40. The average molecular weight is 225 g/mol. The smallest absolute Gasteiger partial charge is 0.266 e. The number of hydrogen-bond donors (Lipinski definition) is 1. The number of aromatic amines is 1. The lowest BCUT2D eigenvalue weighted by Crippen LogP contribution is -2.27. The molecular weight excluding hydrogens is 210 g/mol. The molecule has 2 atom stereocenters. The van der Waals surface area contributed by atoms with Crippen molar-refractivity contribution in [1.82, 2.24) is 10.2 Å². The molecule has 0 aromatic carbocycles.